The molecule has 2 unspecified atom stereocenters. The summed E-state index contributed by atoms with van der Waals surface area (Å²) in [6.07, 6.45) is 0.949. The molecule has 0 spiro atoms. The fraction of sp³-hybridized carbons (Fsp3) is 0.500. The highest BCUT2D eigenvalue weighted by atomic mass is 16.4. The fourth-order valence-electron chi connectivity index (χ4n) is 1.91. The number of nitrogens with zero attached hydrogens (tertiary/aromatic N) is 1. The number of carbonyl (C=O) groups is 2. The van der Waals surface area contributed by atoms with E-state index in [-0.39, 0.29) is 18.6 Å². The molecular weight excluding hydrogens is 268 g/mol. The number of carbonyl (C=O) groups excluding carboxylic acids is 1. The Morgan fingerprint density at radius 3 is 2.29 bits per heavy atom. The Hall–Kier alpha value is -2.04. The van der Waals surface area contributed by atoms with E-state index in [0.29, 0.717) is 11.6 Å². The van der Waals surface area contributed by atoms with E-state index in [4.69, 9.17) is 5.11 Å². The van der Waals surface area contributed by atoms with Crippen LogP contribution in [0.4, 0.5) is 10.5 Å². The van der Waals surface area contributed by atoms with Gasteiger partial charge in [0.2, 0.25) is 0 Å². The molecule has 2 amide bonds. The number of carboxylic acid groups (broad SMARTS) is 1. The van der Waals surface area contributed by atoms with Crippen LogP contribution < -0.4 is 10.2 Å². The summed E-state index contributed by atoms with van der Waals surface area (Å²) >= 11 is 0. The van der Waals surface area contributed by atoms with Crippen LogP contribution in [0.25, 0.3) is 0 Å². The number of urea groups is 1. The number of rotatable bonds is 6. The van der Waals surface area contributed by atoms with E-state index >= 15 is 0 Å². The molecule has 0 bridgehead atoms. The molecule has 0 fully saturated rings. The van der Waals surface area contributed by atoms with Gasteiger partial charge in [-0.2, -0.15) is 0 Å². The van der Waals surface area contributed by atoms with Crippen LogP contribution in [0.2, 0.25) is 0 Å². The topological polar surface area (TPSA) is 69.6 Å². The highest BCUT2D eigenvalue weighted by Gasteiger charge is 2.21. The summed E-state index contributed by atoms with van der Waals surface area (Å²) in [4.78, 5) is 24.6. The molecule has 0 saturated heterocycles. The molecule has 0 aromatic heterocycles. The van der Waals surface area contributed by atoms with Crippen molar-refractivity contribution < 1.29 is 14.7 Å². The van der Waals surface area contributed by atoms with E-state index < -0.39 is 5.97 Å². The van der Waals surface area contributed by atoms with Crippen molar-refractivity contribution in [3.8, 4) is 0 Å². The molecule has 1 rings (SSSR count). The standard InChI is InChI=1S/C16H24N2O3/c1-5-12(3)13(4)17-16(21)18(10-15(19)20)14-8-6-11(2)7-9-14/h6-9,12-13H,5,10H2,1-4H3,(H,17,21)(H,19,20). The molecule has 21 heavy (non-hydrogen) atoms. The average molecular weight is 292 g/mol. The summed E-state index contributed by atoms with van der Waals surface area (Å²) in [5, 5.41) is 11.9. The second-order valence-electron chi connectivity index (χ2n) is 5.44. The zero-order valence-electron chi connectivity index (χ0n) is 13.1. The molecule has 0 radical (unpaired) electrons. The molecule has 1 aromatic rings. The van der Waals surface area contributed by atoms with Crippen molar-refractivity contribution >= 4 is 17.7 Å². The van der Waals surface area contributed by atoms with Crippen LogP contribution in [0, 0.1) is 12.8 Å². The van der Waals surface area contributed by atoms with Gasteiger partial charge in [0.05, 0.1) is 0 Å². The molecule has 0 saturated carbocycles. The first-order valence-electron chi connectivity index (χ1n) is 7.21. The Balaban J connectivity index is 2.89. The Kier molecular flexibility index (Phi) is 6.21. The van der Waals surface area contributed by atoms with Crippen molar-refractivity contribution in [2.75, 3.05) is 11.4 Å². The zero-order valence-corrected chi connectivity index (χ0v) is 13.1. The van der Waals surface area contributed by atoms with Gasteiger partial charge in [0.1, 0.15) is 6.54 Å². The number of amides is 2. The summed E-state index contributed by atoms with van der Waals surface area (Å²) in [6.45, 7) is 7.62. The normalized spacial score (nSPS) is 13.3. The first kappa shape index (κ1) is 17.0. The quantitative estimate of drug-likeness (QED) is 0.846. The largest absolute Gasteiger partial charge is 0.480 e. The summed E-state index contributed by atoms with van der Waals surface area (Å²) in [7, 11) is 0. The van der Waals surface area contributed by atoms with Gasteiger partial charge in [-0.25, -0.2) is 4.79 Å². The minimum absolute atomic E-state index is 0.00996. The second-order valence-corrected chi connectivity index (χ2v) is 5.44. The number of aliphatic carboxylic acids is 1. The molecule has 2 N–H and O–H groups in total. The minimum Gasteiger partial charge on any atom is -0.480 e. The Bertz CT molecular complexity index is 485. The zero-order chi connectivity index (χ0) is 16.0. The number of aryl methyl sites for hydroxylation is 1. The van der Waals surface area contributed by atoms with Gasteiger partial charge in [-0.1, -0.05) is 38.0 Å². The van der Waals surface area contributed by atoms with Crippen molar-refractivity contribution in [1.82, 2.24) is 5.32 Å². The lowest BCUT2D eigenvalue weighted by molar-refractivity contribution is -0.135. The molecule has 0 aliphatic rings. The predicted octanol–water partition coefficient (Wildman–Crippen LogP) is 3.03. The lowest BCUT2D eigenvalue weighted by Crippen LogP contribution is -2.47. The van der Waals surface area contributed by atoms with Crippen molar-refractivity contribution in [2.45, 2.75) is 40.2 Å². The summed E-state index contributed by atoms with van der Waals surface area (Å²) in [5.41, 5.74) is 1.64. The van der Waals surface area contributed by atoms with E-state index in [1.807, 2.05) is 26.0 Å². The van der Waals surface area contributed by atoms with Crippen LogP contribution in [0.5, 0.6) is 0 Å². The van der Waals surface area contributed by atoms with Gasteiger partial charge in [0.15, 0.2) is 0 Å². The van der Waals surface area contributed by atoms with E-state index in [9.17, 15) is 9.59 Å². The van der Waals surface area contributed by atoms with Crippen LogP contribution >= 0.6 is 0 Å². The molecule has 116 valence electrons. The van der Waals surface area contributed by atoms with Gasteiger partial charge in [-0.05, 0) is 31.9 Å². The predicted molar refractivity (Wildman–Crippen MR) is 83.6 cm³/mol. The maximum Gasteiger partial charge on any atom is 0.323 e. The third-order valence-corrected chi connectivity index (χ3v) is 3.73. The van der Waals surface area contributed by atoms with Crippen molar-refractivity contribution in [1.29, 1.82) is 0 Å². The Morgan fingerprint density at radius 1 is 1.24 bits per heavy atom. The molecule has 2 atom stereocenters. The lowest BCUT2D eigenvalue weighted by Gasteiger charge is -2.26. The number of anilines is 1. The van der Waals surface area contributed by atoms with Gasteiger partial charge in [-0.15, -0.1) is 0 Å². The molecule has 5 nitrogen and oxygen atoms in total. The molecule has 5 heteroatoms. The highest BCUT2D eigenvalue weighted by molar-refractivity contribution is 5.96. The molecule has 0 aliphatic heterocycles. The SMILES string of the molecule is CCC(C)C(C)NC(=O)N(CC(=O)O)c1ccc(C)cc1. The van der Waals surface area contributed by atoms with E-state index in [1.54, 1.807) is 12.1 Å². The molecule has 0 heterocycles. The number of nitrogens with one attached hydrogen (secondary N) is 1. The average Bonchev–Trinajstić information content (AvgIpc) is 2.44. The van der Waals surface area contributed by atoms with Gasteiger partial charge >= 0.3 is 12.0 Å². The van der Waals surface area contributed by atoms with Gasteiger partial charge in [-0.3, -0.25) is 9.69 Å². The lowest BCUT2D eigenvalue weighted by atomic mass is 10.0. The van der Waals surface area contributed by atoms with E-state index in [2.05, 4.69) is 19.2 Å². The fourth-order valence-corrected chi connectivity index (χ4v) is 1.91. The van der Waals surface area contributed by atoms with Crippen LogP contribution in [0.15, 0.2) is 24.3 Å². The van der Waals surface area contributed by atoms with E-state index in [0.717, 1.165) is 12.0 Å². The summed E-state index contributed by atoms with van der Waals surface area (Å²) < 4.78 is 0. The smallest absolute Gasteiger partial charge is 0.323 e. The molecular formula is C16H24N2O3. The first-order valence-corrected chi connectivity index (χ1v) is 7.21. The third kappa shape index (κ3) is 5.10. The van der Waals surface area contributed by atoms with Crippen molar-refractivity contribution in [3.05, 3.63) is 29.8 Å². The second kappa shape index (κ2) is 7.67. The van der Waals surface area contributed by atoms with Crippen LogP contribution in [-0.2, 0) is 4.79 Å². The van der Waals surface area contributed by atoms with Crippen LogP contribution in [-0.4, -0.2) is 29.7 Å². The molecule has 0 aliphatic carbocycles. The van der Waals surface area contributed by atoms with Crippen molar-refractivity contribution in [2.24, 2.45) is 5.92 Å². The maximum atomic E-state index is 12.3. The number of hydrogen-bond acceptors (Lipinski definition) is 2. The van der Waals surface area contributed by atoms with Gasteiger partial charge < -0.3 is 10.4 Å². The highest BCUT2D eigenvalue weighted by Crippen LogP contribution is 2.16. The minimum atomic E-state index is -1.04. The number of benzene rings is 1. The van der Waals surface area contributed by atoms with Gasteiger partial charge in [0, 0.05) is 11.7 Å². The number of hydrogen-bond donors (Lipinski definition) is 2. The Labute approximate surface area is 126 Å². The van der Waals surface area contributed by atoms with Gasteiger partial charge in [0.25, 0.3) is 0 Å². The first-order chi connectivity index (χ1) is 9.85. The van der Waals surface area contributed by atoms with Crippen LogP contribution in [0.3, 0.4) is 0 Å². The van der Waals surface area contributed by atoms with Crippen molar-refractivity contribution in [3.63, 3.8) is 0 Å². The van der Waals surface area contributed by atoms with E-state index in [1.165, 1.54) is 4.90 Å². The summed E-state index contributed by atoms with van der Waals surface area (Å²) in [5.74, 6) is -0.708. The molecule has 1 aromatic carbocycles. The maximum absolute atomic E-state index is 12.3. The number of carboxylic acids is 1. The summed E-state index contributed by atoms with van der Waals surface area (Å²) in [6, 6.07) is 6.83. The Morgan fingerprint density at radius 2 is 1.81 bits per heavy atom. The van der Waals surface area contributed by atoms with Crippen LogP contribution in [0.1, 0.15) is 32.8 Å². The third-order valence-electron chi connectivity index (χ3n) is 3.73. The monoisotopic (exact) mass is 292 g/mol.